The molecule has 0 saturated heterocycles. The third kappa shape index (κ3) is 3.89. The third-order valence-corrected chi connectivity index (χ3v) is 6.49. The molecule has 6 heteroatoms. The van der Waals surface area contributed by atoms with Crippen LogP contribution in [0.4, 0.5) is 5.82 Å². The van der Waals surface area contributed by atoms with Crippen molar-refractivity contribution in [3.8, 4) is 11.4 Å². The Morgan fingerprint density at radius 1 is 1.07 bits per heavy atom. The van der Waals surface area contributed by atoms with Crippen LogP contribution in [0.25, 0.3) is 11.4 Å². The van der Waals surface area contributed by atoms with E-state index < -0.39 is 0 Å². The number of aryl methyl sites for hydroxylation is 1. The zero-order valence-corrected chi connectivity index (χ0v) is 16.8. The molecule has 28 heavy (non-hydrogen) atoms. The van der Waals surface area contributed by atoms with Crippen molar-refractivity contribution in [1.29, 1.82) is 0 Å². The molecule has 0 bridgehead atoms. The van der Waals surface area contributed by atoms with Gasteiger partial charge in [-0.15, -0.1) is 0 Å². The average molecular weight is 382 g/mol. The van der Waals surface area contributed by atoms with Crippen LogP contribution in [0.5, 0.6) is 0 Å². The van der Waals surface area contributed by atoms with Crippen molar-refractivity contribution in [2.45, 2.75) is 56.9 Å². The number of hydrogen-bond acceptors (Lipinski definition) is 6. The molecule has 0 amide bonds. The lowest BCUT2D eigenvalue weighted by atomic mass is 9.80. The zero-order chi connectivity index (χ0) is 19.4. The van der Waals surface area contributed by atoms with E-state index in [-0.39, 0.29) is 12.1 Å². The normalized spacial score (nSPS) is 18.2. The van der Waals surface area contributed by atoms with Gasteiger partial charge in [0.15, 0.2) is 5.82 Å². The first-order chi connectivity index (χ1) is 13.7. The Labute approximate surface area is 167 Å². The fraction of sp³-hybridized carbons (Fsp3) is 0.591. The van der Waals surface area contributed by atoms with Crippen LogP contribution in [0.2, 0.25) is 0 Å². The highest BCUT2D eigenvalue weighted by atomic mass is 16.3. The highest BCUT2D eigenvalue weighted by molar-refractivity contribution is 5.60. The quantitative estimate of drug-likeness (QED) is 0.768. The summed E-state index contributed by atoms with van der Waals surface area (Å²) in [6, 6.07) is 3.94. The van der Waals surface area contributed by atoms with Gasteiger partial charge in [0.2, 0.25) is 0 Å². The zero-order valence-electron chi connectivity index (χ0n) is 16.8. The first-order valence-electron chi connectivity index (χ1n) is 10.6. The topological polar surface area (TPSA) is 74.2 Å². The lowest BCUT2D eigenvalue weighted by Gasteiger charge is -2.45. The molecule has 0 spiro atoms. The summed E-state index contributed by atoms with van der Waals surface area (Å²) >= 11 is 0. The Hall–Kier alpha value is -2.05. The minimum Gasteiger partial charge on any atom is -0.395 e. The molecule has 1 saturated carbocycles. The predicted octanol–water partition coefficient (Wildman–Crippen LogP) is 3.07. The minimum absolute atomic E-state index is 0.0915. The number of rotatable bonds is 7. The molecule has 150 valence electrons. The standard InChI is InChI=1S/C22H31N5O/c1-27(14-15-28)22(10-3-2-4-11-22)16-24-21-18-6-5-7-19(18)25-20(26-21)17-8-12-23-13-9-17/h8-9,12-13,28H,2-7,10-11,14-16H2,1H3,(H,24,25,26). The van der Waals surface area contributed by atoms with Crippen molar-refractivity contribution in [1.82, 2.24) is 19.9 Å². The van der Waals surface area contributed by atoms with Gasteiger partial charge in [-0.05, 0) is 51.3 Å². The summed E-state index contributed by atoms with van der Waals surface area (Å²) in [5.41, 5.74) is 3.57. The van der Waals surface area contributed by atoms with Crippen molar-refractivity contribution >= 4 is 5.82 Å². The fourth-order valence-corrected chi connectivity index (χ4v) is 4.75. The van der Waals surface area contributed by atoms with Gasteiger partial charge in [0, 0.05) is 47.8 Å². The van der Waals surface area contributed by atoms with Crippen molar-refractivity contribution in [2.24, 2.45) is 0 Å². The number of pyridine rings is 1. The Morgan fingerprint density at radius 2 is 1.86 bits per heavy atom. The highest BCUT2D eigenvalue weighted by Gasteiger charge is 2.36. The number of aliphatic hydroxyl groups excluding tert-OH is 1. The van der Waals surface area contributed by atoms with Gasteiger partial charge in [0.25, 0.3) is 0 Å². The molecule has 0 aromatic carbocycles. The smallest absolute Gasteiger partial charge is 0.161 e. The summed E-state index contributed by atoms with van der Waals surface area (Å²) < 4.78 is 0. The maximum absolute atomic E-state index is 9.47. The summed E-state index contributed by atoms with van der Waals surface area (Å²) in [5.74, 6) is 1.78. The summed E-state index contributed by atoms with van der Waals surface area (Å²) in [6.45, 7) is 1.78. The van der Waals surface area contributed by atoms with Crippen molar-refractivity contribution < 1.29 is 5.11 Å². The lowest BCUT2D eigenvalue weighted by molar-refractivity contribution is 0.0690. The maximum atomic E-state index is 9.47. The van der Waals surface area contributed by atoms with Gasteiger partial charge in [-0.25, -0.2) is 9.97 Å². The van der Waals surface area contributed by atoms with Gasteiger partial charge >= 0.3 is 0 Å². The van der Waals surface area contributed by atoms with Crippen molar-refractivity contribution in [2.75, 3.05) is 32.1 Å². The molecule has 2 N–H and O–H groups in total. The molecule has 0 radical (unpaired) electrons. The van der Waals surface area contributed by atoms with Crippen LogP contribution in [0.1, 0.15) is 49.8 Å². The minimum atomic E-state index is 0.0915. The van der Waals surface area contributed by atoms with Gasteiger partial charge < -0.3 is 10.4 Å². The van der Waals surface area contributed by atoms with Gasteiger partial charge in [0.05, 0.1) is 6.61 Å². The molecule has 0 aliphatic heterocycles. The number of likely N-dealkylation sites (N-methyl/N-ethyl adjacent to an activating group) is 1. The molecule has 2 aliphatic rings. The Morgan fingerprint density at radius 3 is 2.61 bits per heavy atom. The number of hydrogen-bond donors (Lipinski definition) is 2. The maximum Gasteiger partial charge on any atom is 0.161 e. The molecular weight excluding hydrogens is 350 g/mol. The Balaban J connectivity index is 1.61. The molecule has 6 nitrogen and oxygen atoms in total. The van der Waals surface area contributed by atoms with E-state index in [1.807, 2.05) is 12.1 Å². The SMILES string of the molecule is CN(CCO)C1(CNc2nc(-c3ccncc3)nc3c2CCC3)CCCCC1. The van der Waals surface area contributed by atoms with Crippen LogP contribution < -0.4 is 5.32 Å². The van der Waals surface area contributed by atoms with E-state index in [1.165, 1.54) is 43.4 Å². The van der Waals surface area contributed by atoms with Crippen LogP contribution in [0.15, 0.2) is 24.5 Å². The van der Waals surface area contributed by atoms with E-state index in [0.29, 0.717) is 6.54 Å². The van der Waals surface area contributed by atoms with Crippen LogP contribution in [-0.2, 0) is 12.8 Å². The fourth-order valence-electron chi connectivity index (χ4n) is 4.75. The monoisotopic (exact) mass is 381 g/mol. The molecular formula is C22H31N5O. The summed E-state index contributed by atoms with van der Waals surface area (Å²) in [7, 11) is 2.15. The van der Waals surface area contributed by atoms with Crippen molar-refractivity contribution in [3.63, 3.8) is 0 Å². The van der Waals surface area contributed by atoms with Crippen molar-refractivity contribution in [3.05, 3.63) is 35.8 Å². The van der Waals surface area contributed by atoms with Gasteiger partial charge in [-0.2, -0.15) is 0 Å². The second kappa shape index (κ2) is 8.53. The molecule has 2 aliphatic carbocycles. The second-order valence-electron chi connectivity index (χ2n) is 8.19. The van der Waals surface area contributed by atoms with Crippen LogP contribution in [0, 0.1) is 0 Å². The number of β-amino-alcohol motifs (C(OH)–C–C–N with tert-alkyl or cyclic N) is 1. The predicted molar refractivity (Wildman–Crippen MR) is 111 cm³/mol. The van der Waals surface area contributed by atoms with Crippen LogP contribution >= 0.6 is 0 Å². The molecule has 0 unspecified atom stereocenters. The summed E-state index contributed by atoms with van der Waals surface area (Å²) in [6.07, 6.45) is 13.0. The van der Waals surface area contributed by atoms with Gasteiger partial charge in [0.1, 0.15) is 5.82 Å². The number of aliphatic hydroxyl groups is 1. The summed E-state index contributed by atoms with van der Waals surface area (Å²) in [5, 5.41) is 13.2. The number of nitrogens with one attached hydrogen (secondary N) is 1. The third-order valence-electron chi connectivity index (χ3n) is 6.49. The number of anilines is 1. The largest absolute Gasteiger partial charge is 0.395 e. The van der Waals surface area contributed by atoms with Crippen LogP contribution in [-0.4, -0.2) is 57.2 Å². The first kappa shape index (κ1) is 19.3. The average Bonchev–Trinajstić information content (AvgIpc) is 3.22. The van der Waals surface area contributed by atoms with Crippen LogP contribution in [0.3, 0.4) is 0 Å². The number of fused-ring (bicyclic) bond motifs is 1. The Kier molecular flexibility index (Phi) is 5.87. The molecule has 2 heterocycles. The molecule has 2 aromatic rings. The number of nitrogens with zero attached hydrogens (tertiary/aromatic N) is 4. The highest BCUT2D eigenvalue weighted by Crippen LogP contribution is 2.35. The van der Waals surface area contributed by atoms with E-state index in [9.17, 15) is 5.11 Å². The summed E-state index contributed by atoms with van der Waals surface area (Å²) in [4.78, 5) is 16.2. The molecule has 0 atom stereocenters. The van der Waals surface area contributed by atoms with E-state index in [0.717, 1.165) is 43.0 Å². The molecule has 1 fully saturated rings. The molecule has 4 rings (SSSR count). The van der Waals surface area contributed by atoms with Gasteiger partial charge in [-0.3, -0.25) is 9.88 Å². The van der Waals surface area contributed by atoms with E-state index in [4.69, 9.17) is 9.97 Å². The Bertz CT molecular complexity index is 789. The van der Waals surface area contributed by atoms with E-state index in [2.05, 4.69) is 22.2 Å². The number of aromatic nitrogens is 3. The second-order valence-corrected chi connectivity index (χ2v) is 8.19. The molecule has 2 aromatic heterocycles. The van der Waals surface area contributed by atoms with E-state index in [1.54, 1.807) is 12.4 Å². The first-order valence-corrected chi connectivity index (χ1v) is 10.6. The lowest BCUT2D eigenvalue weighted by Crippen LogP contribution is -2.53. The van der Waals surface area contributed by atoms with Gasteiger partial charge in [-0.1, -0.05) is 19.3 Å². The van der Waals surface area contributed by atoms with E-state index >= 15 is 0 Å².